The maximum atomic E-state index is 13.2. The van der Waals surface area contributed by atoms with Crippen molar-refractivity contribution < 1.29 is 24.5 Å². The summed E-state index contributed by atoms with van der Waals surface area (Å²) in [7, 11) is 5.68. The van der Waals surface area contributed by atoms with Crippen molar-refractivity contribution in [3.8, 4) is 17.1 Å². The number of aromatic nitrogens is 2. The zero-order valence-electron chi connectivity index (χ0n) is 27.6. The number of hydrogen-bond acceptors (Lipinski definition) is 10. The van der Waals surface area contributed by atoms with Crippen LogP contribution in [0.15, 0.2) is 53.3 Å². The molecule has 0 fully saturated rings. The number of rotatable bonds is 8. The van der Waals surface area contributed by atoms with E-state index < -0.39 is 11.6 Å². The molecule has 0 unspecified atom stereocenters. The molecule has 0 bridgehead atoms. The average Bonchev–Trinajstić information content (AvgIpc) is 3.40. The van der Waals surface area contributed by atoms with Gasteiger partial charge in [-0.3, -0.25) is 20.4 Å². The van der Waals surface area contributed by atoms with Gasteiger partial charge in [-0.15, -0.1) is 0 Å². The third-order valence-corrected chi connectivity index (χ3v) is 8.36. The lowest BCUT2D eigenvalue weighted by molar-refractivity contribution is -0.172. The van der Waals surface area contributed by atoms with Crippen LogP contribution in [0.1, 0.15) is 65.4 Å². The van der Waals surface area contributed by atoms with Gasteiger partial charge in [-0.2, -0.15) is 0 Å². The second-order valence-electron chi connectivity index (χ2n) is 12.4. The number of pyridine rings is 2. The van der Waals surface area contributed by atoms with Crippen LogP contribution in [-0.4, -0.2) is 63.7 Å². The molecule has 0 radical (unpaired) electrons. The maximum absolute atomic E-state index is 13.2. The van der Waals surface area contributed by atoms with Crippen molar-refractivity contribution in [2.45, 2.75) is 65.1 Å². The molecule has 2 aliphatic heterocycles. The van der Waals surface area contributed by atoms with Gasteiger partial charge in [0, 0.05) is 46.8 Å². The fourth-order valence-electron chi connectivity index (χ4n) is 5.89. The van der Waals surface area contributed by atoms with Gasteiger partial charge < -0.3 is 29.7 Å². The predicted molar refractivity (Wildman–Crippen MR) is 179 cm³/mol. The molecule has 1 amide bonds. The molecule has 2 aliphatic rings. The summed E-state index contributed by atoms with van der Waals surface area (Å²) >= 11 is 0. The summed E-state index contributed by atoms with van der Waals surface area (Å²) in [6.07, 6.45) is 0.104. The minimum atomic E-state index is -1.84. The van der Waals surface area contributed by atoms with Crippen LogP contribution in [-0.2, 0) is 41.4 Å². The zero-order valence-corrected chi connectivity index (χ0v) is 27.6. The Balaban J connectivity index is 0.000000230. The Morgan fingerprint density at radius 2 is 1.85 bits per heavy atom. The van der Waals surface area contributed by atoms with Gasteiger partial charge in [0.2, 0.25) is 0 Å². The number of hydrazine groups is 1. The predicted octanol–water partition coefficient (Wildman–Crippen LogP) is 2.90. The molecule has 0 saturated carbocycles. The average molecular weight is 643 g/mol. The first kappa shape index (κ1) is 33.7. The smallest absolute Gasteiger partial charge is 0.343 e. The number of aromatic hydroxyl groups is 1. The lowest BCUT2D eigenvalue weighted by atomic mass is 9.86. The van der Waals surface area contributed by atoms with Crippen molar-refractivity contribution >= 4 is 22.8 Å². The summed E-state index contributed by atoms with van der Waals surface area (Å²) in [5.74, 6) is -0.557. The molecule has 2 aromatic carbocycles. The summed E-state index contributed by atoms with van der Waals surface area (Å²) in [6.45, 7) is 7.04. The number of phenolic OH excluding ortho intramolecular Hbond substituents is 1. The van der Waals surface area contributed by atoms with Crippen molar-refractivity contribution in [3.63, 3.8) is 0 Å². The van der Waals surface area contributed by atoms with Crippen LogP contribution in [0.2, 0.25) is 0 Å². The molecule has 1 atom stereocenters. The molecular weight excluding hydrogens is 600 g/mol. The zero-order chi connectivity index (χ0) is 34.0. The summed E-state index contributed by atoms with van der Waals surface area (Å²) in [4.78, 5) is 43.9. The lowest BCUT2D eigenvalue weighted by Crippen LogP contribution is -2.44. The molecule has 4 aromatic rings. The van der Waals surface area contributed by atoms with E-state index in [1.165, 1.54) is 0 Å². The van der Waals surface area contributed by atoms with Gasteiger partial charge in [-0.25, -0.2) is 9.78 Å². The topological polar surface area (TPSA) is 158 Å². The highest BCUT2D eigenvalue weighted by molar-refractivity contribution is 5.94. The molecule has 12 heteroatoms. The van der Waals surface area contributed by atoms with Crippen LogP contribution in [0.4, 0.5) is 0 Å². The largest absolute Gasteiger partial charge is 0.508 e. The van der Waals surface area contributed by atoms with Gasteiger partial charge >= 0.3 is 5.97 Å². The monoisotopic (exact) mass is 642 g/mol. The van der Waals surface area contributed by atoms with E-state index in [1.54, 1.807) is 29.7 Å². The third kappa shape index (κ3) is 6.63. The van der Waals surface area contributed by atoms with Gasteiger partial charge in [-0.1, -0.05) is 19.1 Å². The molecule has 6 rings (SSSR count). The molecule has 0 saturated heterocycles. The van der Waals surface area contributed by atoms with E-state index in [-0.39, 0.29) is 36.3 Å². The summed E-state index contributed by atoms with van der Waals surface area (Å²) in [5.41, 5.74) is 9.71. The Bertz CT molecular complexity index is 1880. The molecular formula is C35H42N6O6. The molecule has 4 heterocycles. The highest BCUT2D eigenvalue weighted by Gasteiger charge is 2.45. The SMILES string of the molecule is CC[C@@]1(O)C(=O)OCc2c1cc1n(c2=O)Cc2cc3c(CN(C)C)c(O)ccc3nc2-1.CNNCc1ccc(C(=O)NC(C)C)cc1. The Morgan fingerprint density at radius 3 is 2.49 bits per heavy atom. The third-order valence-electron chi connectivity index (χ3n) is 8.36. The fourth-order valence-corrected chi connectivity index (χ4v) is 5.89. The van der Waals surface area contributed by atoms with Crippen LogP contribution in [0.3, 0.4) is 0 Å². The van der Waals surface area contributed by atoms with E-state index in [1.807, 2.05) is 70.2 Å². The molecule has 248 valence electrons. The molecule has 5 N–H and O–H groups in total. The second kappa shape index (κ2) is 13.6. The minimum Gasteiger partial charge on any atom is -0.508 e. The van der Waals surface area contributed by atoms with Gasteiger partial charge in [0.1, 0.15) is 12.4 Å². The number of fused-ring (bicyclic) bond motifs is 5. The highest BCUT2D eigenvalue weighted by Crippen LogP contribution is 2.39. The van der Waals surface area contributed by atoms with Gasteiger partial charge in [0.15, 0.2) is 5.60 Å². The number of esters is 1. The quantitative estimate of drug-likeness (QED) is 0.126. The first-order valence-electron chi connectivity index (χ1n) is 15.6. The summed E-state index contributed by atoms with van der Waals surface area (Å²) in [6, 6.07) is 14.8. The number of carbonyl (C=O) groups is 2. The summed E-state index contributed by atoms with van der Waals surface area (Å²) in [5, 5.41) is 25.0. The van der Waals surface area contributed by atoms with Crippen LogP contribution >= 0.6 is 0 Å². The standard InChI is InChI=1S/C23H23N3O5.C12H19N3O/c1-4-23(30)16-8-18-20-12(9-26(18)21(28)15(16)11-31-22(23)29)7-13-14(10-25(2)3)19(27)6-5-17(13)24-20;1-9(2)15-12(16)11-6-4-10(5-7-11)8-14-13-3/h5-8,27,30H,4,9-11H2,1-3H3;4-7,9,13-14H,8H2,1-3H3,(H,15,16)/t23-;/m0./s1. The van der Waals surface area contributed by atoms with Crippen molar-refractivity contribution in [1.29, 1.82) is 0 Å². The van der Waals surface area contributed by atoms with E-state index in [2.05, 4.69) is 16.2 Å². The minimum absolute atomic E-state index is 0.0249. The van der Waals surface area contributed by atoms with Gasteiger partial charge in [0.05, 0.1) is 29.0 Å². The van der Waals surface area contributed by atoms with Crippen LogP contribution < -0.4 is 21.7 Å². The molecule has 0 spiro atoms. The van der Waals surface area contributed by atoms with Crippen molar-refractivity contribution in [1.82, 2.24) is 30.6 Å². The summed E-state index contributed by atoms with van der Waals surface area (Å²) < 4.78 is 6.71. The number of cyclic esters (lactones) is 1. The number of hydrogen-bond donors (Lipinski definition) is 5. The Kier molecular flexibility index (Phi) is 9.78. The lowest BCUT2D eigenvalue weighted by Gasteiger charge is -2.31. The number of nitrogens with one attached hydrogen (secondary N) is 3. The van der Waals surface area contributed by atoms with E-state index in [0.717, 1.165) is 28.6 Å². The maximum Gasteiger partial charge on any atom is 0.343 e. The Morgan fingerprint density at radius 1 is 1.13 bits per heavy atom. The number of benzene rings is 2. The molecule has 12 nitrogen and oxygen atoms in total. The van der Waals surface area contributed by atoms with E-state index in [9.17, 15) is 24.6 Å². The van der Waals surface area contributed by atoms with E-state index >= 15 is 0 Å². The van der Waals surface area contributed by atoms with Crippen LogP contribution in [0, 0.1) is 0 Å². The Labute approximate surface area is 273 Å². The highest BCUT2D eigenvalue weighted by atomic mass is 16.6. The number of nitrogens with zero attached hydrogens (tertiary/aromatic N) is 3. The molecule has 2 aromatic heterocycles. The second-order valence-corrected chi connectivity index (χ2v) is 12.4. The first-order valence-corrected chi connectivity index (χ1v) is 15.6. The van der Waals surface area contributed by atoms with Crippen molar-refractivity contribution in [3.05, 3.63) is 92.3 Å². The molecule has 47 heavy (non-hydrogen) atoms. The van der Waals surface area contributed by atoms with Gasteiger partial charge in [-0.05, 0) is 83.4 Å². The number of phenols is 1. The van der Waals surface area contributed by atoms with E-state index in [4.69, 9.17) is 9.72 Å². The first-order chi connectivity index (χ1) is 22.4. The van der Waals surface area contributed by atoms with Gasteiger partial charge in [0.25, 0.3) is 11.5 Å². The number of amides is 1. The van der Waals surface area contributed by atoms with E-state index in [0.29, 0.717) is 46.7 Å². The number of carbonyl (C=O) groups excluding carboxylic acids is 2. The van der Waals surface area contributed by atoms with Crippen LogP contribution in [0.25, 0.3) is 22.3 Å². The van der Waals surface area contributed by atoms with Crippen molar-refractivity contribution in [2.75, 3.05) is 21.1 Å². The number of ether oxygens (including phenoxy) is 1. The van der Waals surface area contributed by atoms with Crippen molar-refractivity contribution in [2.24, 2.45) is 0 Å². The Hall–Kier alpha value is -4.62. The fraction of sp³-hybridized carbons (Fsp3) is 0.371. The molecule has 0 aliphatic carbocycles. The van der Waals surface area contributed by atoms with Crippen LogP contribution in [0.5, 0.6) is 5.75 Å². The number of aliphatic hydroxyl groups is 1. The normalized spacial score (nSPS) is 16.3.